The van der Waals surface area contributed by atoms with Gasteiger partial charge in [-0.15, -0.1) is 0 Å². The first-order valence-electron chi connectivity index (χ1n) is 15.2. The van der Waals surface area contributed by atoms with Crippen LogP contribution in [-0.2, 0) is 14.9 Å². The average Bonchev–Trinajstić information content (AvgIpc) is 2.86. The lowest BCUT2D eigenvalue weighted by molar-refractivity contribution is -0.122. The van der Waals surface area contributed by atoms with E-state index in [0.29, 0.717) is 12.8 Å². The lowest BCUT2D eigenvalue weighted by atomic mass is 10.0. The minimum Gasteiger partial charge on any atom is -0.391 e. The fourth-order valence-corrected chi connectivity index (χ4v) is 5.11. The summed E-state index contributed by atoms with van der Waals surface area (Å²) in [5.41, 5.74) is 0. The number of carbonyl (C=O) groups is 1. The van der Waals surface area contributed by atoms with Gasteiger partial charge in [-0.3, -0.25) is 9.35 Å². The van der Waals surface area contributed by atoms with Gasteiger partial charge in [0.2, 0.25) is 5.91 Å². The molecule has 2 atom stereocenters. The van der Waals surface area contributed by atoms with Crippen molar-refractivity contribution in [3.63, 3.8) is 0 Å². The number of amides is 1. The summed E-state index contributed by atoms with van der Waals surface area (Å²) in [5, 5.41) is 13.1. The zero-order valence-corrected chi connectivity index (χ0v) is 25.1. The maximum Gasteiger partial charge on any atom is 0.266 e. The lowest BCUT2D eigenvalue weighted by Gasteiger charge is -2.23. The SMILES string of the molecule is CC/C=C\C/C=C\C/C=C\CCCCCCCCCC(=O)NC(CS(=O)(=O)O)C(O)CCCCCCCC. The topological polar surface area (TPSA) is 104 Å². The molecule has 0 saturated heterocycles. The molecule has 0 aromatic heterocycles. The fourth-order valence-electron chi connectivity index (χ4n) is 4.35. The van der Waals surface area contributed by atoms with E-state index in [0.717, 1.165) is 77.0 Å². The average molecular weight is 556 g/mol. The fraction of sp³-hybridized carbons (Fsp3) is 0.774. The van der Waals surface area contributed by atoms with Gasteiger partial charge in [0, 0.05) is 6.42 Å². The molecule has 0 bridgehead atoms. The van der Waals surface area contributed by atoms with Crippen molar-refractivity contribution in [2.75, 3.05) is 5.75 Å². The van der Waals surface area contributed by atoms with Gasteiger partial charge in [0.15, 0.2) is 0 Å². The molecule has 0 fully saturated rings. The first-order valence-corrected chi connectivity index (χ1v) is 16.8. The lowest BCUT2D eigenvalue weighted by Crippen LogP contribution is -2.47. The van der Waals surface area contributed by atoms with E-state index in [1.165, 1.54) is 32.1 Å². The Labute approximate surface area is 234 Å². The molecule has 0 saturated carbocycles. The summed E-state index contributed by atoms with van der Waals surface area (Å²) in [6.45, 7) is 4.30. The van der Waals surface area contributed by atoms with Crippen molar-refractivity contribution >= 4 is 16.0 Å². The maximum absolute atomic E-state index is 12.3. The Morgan fingerprint density at radius 1 is 0.737 bits per heavy atom. The van der Waals surface area contributed by atoms with Crippen LogP contribution in [0.1, 0.15) is 136 Å². The molecule has 0 aromatic carbocycles. The number of allylic oxidation sites excluding steroid dienone is 6. The Morgan fingerprint density at radius 3 is 1.87 bits per heavy atom. The summed E-state index contributed by atoms with van der Waals surface area (Å²) in [5.74, 6) is -0.919. The van der Waals surface area contributed by atoms with E-state index in [-0.39, 0.29) is 5.91 Å². The highest BCUT2D eigenvalue weighted by molar-refractivity contribution is 7.85. The van der Waals surface area contributed by atoms with E-state index in [4.69, 9.17) is 0 Å². The van der Waals surface area contributed by atoms with Crippen molar-refractivity contribution in [2.24, 2.45) is 0 Å². The number of carbonyl (C=O) groups excluding carboxylic acids is 1. The Hall–Kier alpha value is -1.44. The van der Waals surface area contributed by atoms with Gasteiger partial charge in [-0.1, -0.05) is 121 Å². The van der Waals surface area contributed by atoms with Crippen LogP contribution in [0.5, 0.6) is 0 Å². The zero-order chi connectivity index (χ0) is 28.3. The van der Waals surface area contributed by atoms with Gasteiger partial charge in [0.25, 0.3) is 10.1 Å². The second-order valence-corrected chi connectivity index (χ2v) is 11.9. The minimum atomic E-state index is -4.29. The summed E-state index contributed by atoms with van der Waals surface area (Å²) in [7, 11) is -4.29. The molecule has 0 aromatic rings. The zero-order valence-electron chi connectivity index (χ0n) is 24.3. The number of aliphatic hydroxyl groups excluding tert-OH is 1. The van der Waals surface area contributed by atoms with E-state index < -0.39 is 28.0 Å². The minimum absolute atomic E-state index is 0.264. The van der Waals surface area contributed by atoms with Gasteiger partial charge in [-0.2, -0.15) is 8.42 Å². The van der Waals surface area contributed by atoms with Crippen LogP contribution >= 0.6 is 0 Å². The number of hydrogen-bond donors (Lipinski definition) is 3. The molecule has 0 rings (SSSR count). The van der Waals surface area contributed by atoms with Crippen LogP contribution in [0.3, 0.4) is 0 Å². The van der Waals surface area contributed by atoms with Crippen molar-refractivity contribution in [1.29, 1.82) is 0 Å². The second-order valence-electron chi connectivity index (χ2n) is 10.4. The monoisotopic (exact) mass is 555 g/mol. The van der Waals surface area contributed by atoms with Crippen molar-refractivity contribution in [3.8, 4) is 0 Å². The molecule has 7 heteroatoms. The van der Waals surface area contributed by atoms with Crippen LogP contribution in [-0.4, -0.2) is 41.9 Å². The number of nitrogens with one attached hydrogen (secondary N) is 1. The normalized spacial score (nSPS) is 14.1. The third-order valence-electron chi connectivity index (χ3n) is 6.61. The van der Waals surface area contributed by atoms with E-state index in [2.05, 4.69) is 55.6 Å². The van der Waals surface area contributed by atoms with Gasteiger partial charge < -0.3 is 10.4 Å². The molecule has 0 radical (unpaired) electrons. The highest BCUT2D eigenvalue weighted by Crippen LogP contribution is 2.13. The van der Waals surface area contributed by atoms with Gasteiger partial charge in [0.1, 0.15) is 0 Å². The second kappa shape index (κ2) is 25.8. The third kappa shape index (κ3) is 26.2. The van der Waals surface area contributed by atoms with Crippen LogP contribution in [0.25, 0.3) is 0 Å². The van der Waals surface area contributed by atoms with Crippen molar-refractivity contribution in [2.45, 2.75) is 148 Å². The summed E-state index contributed by atoms with van der Waals surface area (Å²) >= 11 is 0. The van der Waals surface area contributed by atoms with Crippen molar-refractivity contribution in [3.05, 3.63) is 36.5 Å². The summed E-state index contributed by atoms with van der Waals surface area (Å²) in [4.78, 5) is 12.3. The van der Waals surface area contributed by atoms with E-state index in [9.17, 15) is 22.9 Å². The van der Waals surface area contributed by atoms with E-state index in [1.807, 2.05) is 0 Å². The molecule has 2 unspecified atom stereocenters. The molecule has 0 aliphatic heterocycles. The molecule has 0 aliphatic carbocycles. The summed E-state index contributed by atoms with van der Waals surface area (Å²) in [6.07, 6.45) is 31.2. The highest BCUT2D eigenvalue weighted by atomic mass is 32.2. The Balaban J connectivity index is 3.93. The Kier molecular flexibility index (Phi) is 24.8. The van der Waals surface area contributed by atoms with Crippen LogP contribution in [0, 0.1) is 0 Å². The molecular weight excluding hydrogens is 498 g/mol. The van der Waals surface area contributed by atoms with Gasteiger partial charge >= 0.3 is 0 Å². The van der Waals surface area contributed by atoms with E-state index >= 15 is 0 Å². The molecule has 0 spiro atoms. The van der Waals surface area contributed by atoms with Crippen molar-refractivity contribution < 1.29 is 22.9 Å². The first-order chi connectivity index (χ1) is 18.3. The largest absolute Gasteiger partial charge is 0.391 e. The number of aliphatic hydroxyl groups is 1. The molecule has 0 heterocycles. The number of unbranched alkanes of at least 4 members (excludes halogenated alkanes) is 12. The van der Waals surface area contributed by atoms with Crippen LogP contribution in [0.15, 0.2) is 36.5 Å². The van der Waals surface area contributed by atoms with Gasteiger partial charge in [-0.05, 0) is 44.9 Å². The Bertz CT molecular complexity index is 745. The number of rotatable bonds is 26. The molecule has 222 valence electrons. The summed E-state index contributed by atoms with van der Waals surface area (Å²) in [6, 6.07) is -0.971. The number of hydrogen-bond acceptors (Lipinski definition) is 4. The molecule has 0 aliphatic rings. The van der Waals surface area contributed by atoms with Crippen LogP contribution in [0.2, 0.25) is 0 Å². The maximum atomic E-state index is 12.3. The van der Waals surface area contributed by atoms with E-state index in [1.54, 1.807) is 0 Å². The smallest absolute Gasteiger partial charge is 0.266 e. The molecule has 6 nitrogen and oxygen atoms in total. The molecule has 3 N–H and O–H groups in total. The predicted molar refractivity (Wildman–Crippen MR) is 161 cm³/mol. The van der Waals surface area contributed by atoms with Gasteiger partial charge in [0.05, 0.1) is 17.9 Å². The highest BCUT2D eigenvalue weighted by Gasteiger charge is 2.25. The first kappa shape index (κ1) is 36.6. The summed E-state index contributed by atoms with van der Waals surface area (Å²) < 4.78 is 32.0. The standard InChI is InChI=1S/C31H57NO5S/c1-3-5-7-9-11-12-13-14-15-16-17-18-19-20-21-23-25-27-31(34)32-29(28-38(35,36)37)30(33)26-24-22-10-8-6-4-2/h5,7,11-12,14-15,29-30,33H,3-4,6,8-10,13,16-28H2,1-2H3,(H,32,34)(H,35,36,37)/b7-5-,12-11-,15-14-. The van der Waals surface area contributed by atoms with Crippen LogP contribution in [0.4, 0.5) is 0 Å². The molecular formula is C31H57NO5S. The predicted octanol–water partition coefficient (Wildman–Crippen LogP) is 7.84. The Morgan fingerprint density at radius 2 is 1.26 bits per heavy atom. The molecule has 38 heavy (non-hydrogen) atoms. The van der Waals surface area contributed by atoms with Crippen LogP contribution < -0.4 is 5.32 Å². The quantitative estimate of drug-likeness (QED) is 0.0573. The molecule has 1 amide bonds. The van der Waals surface area contributed by atoms with Crippen molar-refractivity contribution in [1.82, 2.24) is 5.32 Å². The third-order valence-corrected chi connectivity index (χ3v) is 7.39. The van der Waals surface area contributed by atoms with Gasteiger partial charge in [-0.25, -0.2) is 0 Å².